The quantitative estimate of drug-likeness (QED) is 0.749. The van der Waals surface area contributed by atoms with Crippen LogP contribution in [0.4, 0.5) is 5.69 Å². The molecular formula is C20H23NO3. The smallest absolute Gasteiger partial charge is 0.338 e. The Balaban J connectivity index is 2.31. The van der Waals surface area contributed by atoms with Crippen molar-refractivity contribution in [3.05, 3.63) is 65.7 Å². The standard InChI is InChI=1S/C20H23NO3/c1-4-21(16-10-6-5-7-11-16)19(22)17-12-8-9-13-18(17)20(23)24-14-15(2)3/h5-13,15H,4,14H2,1-3H3. The van der Waals surface area contributed by atoms with Crippen molar-refractivity contribution in [3.63, 3.8) is 0 Å². The largest absolute Gasteiger partial charge is 0.462 e. The van der Waals surface area contributed by atoms with Crippen LogP contribution in [0, 0.1) is 5.92 Å². The predicted octanol–water partition coefficient (Wildman–Crippen LogP) is 4.17. The Kier molecular flexibility index (Phi) is 6.13. The van der Waals surface area contributed by atoms with Crippen molar-refractivity contribution in [3.8, 4) is 0 Å². The average Bonchev–Trinajstić information content (AvgIpc) is 2.61. The summed E-state index contributed by atoms with van der Waals surface area (Å²) < 4.78 is 5.29. The highest BCUT2D eigenvalue weighted by Crippen LogP contribution is 2.19. The first-order valence-corrected chi connectivity index (χ1v) is 8.17. The number of hydrogen-bond donors (Lipinski definition) is 0. The van der Waals surface area contributed by atoms with Gasteiger partial charge in [-0.1, -0.05) is 44.2 Å². The molecule has 126 valence electrons. The van der Waals surface area contributed by atoms with Crippen LogP contribution >= 0.6 is 0 Å². The van der Waals surface area contributed by atoms with Crippen LogP contribution in [0.5, 0.6) is 0 Å². The van der Waals surface area contributed by atoms with E-state index in [2.05, 4.69) is 0 Å². The highest BCUT2D eigenvalue weighted by molar-refractivity contribution is 6.12. The van der Waals surface area contributed by atoms with Crippen molar-refractivity contribution < 1.29 is 14.3 Å². The normalized spacial score (nSPS) is 10.5. The number of para-hydroxylation sites is 1. The summed E-state index contributed by atoms with van der Waals surface area (Å²) in [6.07, 6.45) is 0. The van der Waals surface area contributed by atoms with E-state index in [-0.39, 0.29) is 11.8 Å². The summed E-state index contributed by atoms with van der Waals surface area (Å²) >= 11 is 0. The van der Waals surface area contributed by atoms with Crippen LogP contribution in [0.15, 0.2) is 54.6 Å². The van der Waals surface area contributed by atoms with Crippen molar-refractivity contribution in [1.29, 1.82) is 0 Å². The SMILES string of the molecule is CCN(C(=O)c1ccccc1C(=O)OCC(C)C)c1ccccc1. The molecule has 4 nitrogen and oxygen atoms in total. The maximum Gasteiger partial charge on any atom is 0.338 e. The lowest BCUT2D eigenvalue weighted by Crippen LogP contribution is -2.32. The van der Waals surface area contributed by atoms with Crippen LogP contribution in [-0.2, 0) is 4.74 Å². The molecule has 0 heterocycles. The second-order valence-corrected chi connectivity index (χ2v) is 5.92. The highest BCUT2D eigenvalue weighted by atomic mass is 16.5. The van der Waals surface area contributed by atoms with Gasteiger partial charge in [-0.2, -0.15) is 0 Å². The van der Waals surface area contributed by atoms with Gasteiger partial charge in [0, 0.05) is 12.2 Å². The first-order chi connectivity index (χ1) is 11.5. The molecule has 0 spiro atoms. The Morgan fingerprint density at radius 1 is 0.958 bits per heavy atom. The van der Waals surface area contributed by atoms with Gasteiger partial charge in [0.05, 0.1) is 17.7 Å². The maximum atomic E-state index is 13.0. The number of anilines is 1. The first-order valence-electron chi connectivity index (χ1n) is 8.17. The second kappa shape index (κ2) is 8.29. The van der Waals surface area contributed by atoms with E-state index < -0.39 is 5.97 Å². The van der Waals surface area contributed by atoms with E-state index in [1.165, 1.54) is 0 Å². The van der Waals surface area contributed by atoms with E-state index in [0.717, 1.165) is 5.69 Å². The topological polar surface area (TPSA) is 46.6 Å². The molecule has 0 atom stereocenters. The minimum absolute atomic E-state index is 0.208. The molecule has 0 aliphatic carbocycles. The van der Waals surface area contributed by atoms with E-state index in [9.17, 15) is 9.59 Å². The number of esters is 1. The van der Waals surface area contributed by atoms with E-state index in [1.807, 2.05) is 51.1 Å². The summed E-state index contributed by atoms with van der Waals surface area (Å²) in [5, 5.41) is 0. The van der Waals surface area contributed by atoms with E-state index in [1.54, 1.807) is 29.2 Å². The highest BCUT2D eigenvalue weighted by Gasteiger charge is 2.22. The van der Waals surface area contributed by atoms with Crippen molar-refractivity contribution in [2.45, 2.75) is 20.8 Å². The van der Waals surface area contributed by atoms with Crippen LogP contribution in [0.3, 0.4) is 0 Å². The van der Waals surface area contributed by atoms with E-state index in [4.69, 9.17) is 4.74 Å². The number of rotatable bonds is 6. The fourth-order valence-electron chi connectivity index (χ4n) is 2.36. The van der Waals surface area contributed by atoms with Crippen LogP contribution in [0.25, 0.3) is 0 Å². The second-order valence-electron chi connectivity index (χ2n) is 5.92. The zero-order valence-electron chi connectivity index (χ0n) is 14.4. The number of hydrogen-bond acceptors (Lipinski definition) is 3. The van der Waals surface area contributed by atoms with Gasteiger partial charge < -0.3 is 9.64 Å². The third-order valence-electron chi connectivity index (χ3n) is 3.55. The molecule has 0 aliphatic heterocycles. The van der Waals surface area contributed by atoms with Crippen molar-refractivity contribution in [1.82, 2.24) is 0 Å². The fourth-order valence-corrected chi connectivity index (χ4v) is 2.36. The number of amides is 1. The molecule has 0 N–H and O–H groups in total. The summed E-state index contributed by atoms with van der Waals surface area (Å²) in [6, 6.07) is 16.2. The van der Waals surface area contributed by atoms with Gasteiger partial charge in [0.1, 0.15) is 0 Å². The van der Waals surface area contributed by atoms with Crippen molar-refractivity contribution >= 4 is 17.6 Å². The minimum Gasteiger partial charge on any atom is -0.462 e. The number of ether oxygens (including phenoxy) is 1. The third kappa shape index (κ3) is 4.22. The molecule has 0 radical (unpaired) electrons. The molecule has 0 saturated carbocycles. The zero-order chi connectivity index (χ0) is 17.5. The van der Waals surface area contributed by atoms with Crippen LogP contribution in [0.2, 0.25) is 0 Å². The van der Waals surface area contributed by atoms with Gasteiger partial charge >= 0.3 is 5.97 Å². The molecule has 1 amide bonds. The number of carbonyl (C=O) groups is 2. The molecular weight excluding hydrogens is 302 g/mol. The first kappa shape index (κ1) is 17.7. The Morgan fingerprint density at radius 3 is 2.12 bits per heavy atom. The molecule has 0 unspecified atom stereocenters. The van der Waals surface area contributed by atoms with Gasteiger partial charge in [-0.3, -0.25) is 4.79 Å². The van der Waals surface area contributed by atoms with E-state index >= 15 is 0 Å². The molecule has 2 aromatic carbocycles. The average molecular weight is 325 g/mol. The summed E-state index contributed by atoms with van der Waals surface area (Å²) in [5.74, 6) is -0.425. The van der Waals surface area contributed by atoms with Crippen LogP contribution in [0.1, 0.15) is 41.5 Å². The minimum atomic E-state index is -0.461. The lowest BCUT2D eigenvalue weighted by atomic mass is 10.1. The Hall–Kier alpha value is -2.62. The molecule has 24 heavy (non-hydrogen) atoms. The maximum absolute atomic E-state index is 13.0. The van der Waals surface area contributed by atoms with Gasteiger partial charge in [0.25, 0.3) is 5.91 Å². The number of nitrogens with zero attached hydrogens (tertiary/aromatic N) is 1. The van der Waals surface area contributed by atoms with Gasteiger partial charge in [0.2, 0.25) is 0 Å². The van der Waals surface area contributed by atoms with Crippen LogP contribution < -0.4 is 4.90 Å². The number of benzene rings is 2. The summed E-state index contributed by atoms with van der Waals surface area (Å²) in [5.41, 5.74) is 1.46. The Bertz CT molecular complexity index is 695. The number of carbonyl (C=O) groups excluding carboxylic acids is 2. The fraction of sp³-hybridized carbons (Fsp3) is 0.300. The van der Waals surface area contributed by atoms with E-state index in [0.29, 0.717) is 24.3 Å². The predicted molar refractivity (Wildman–Crippen MR) is 95.4 cm³/mol. The monoisotopic (exact) mass is 325 g/mol. The summed E-state index contributed by atoms with van der Waals surface area (Å²) in [6.45, 7) is 6.69. The molecule has 0 aromatic heterocycles. The van der Waals surface area contributed by atoms with Gasteiger partial charge in [-0.25, -0.2) is 4.79 Å². The zero-order valence-corrected chi connectivity index (χ0v) is 14.4. The third-order valence-corrected chi connectivity index (χ3v) is 3.55. The lowest BCUT2D eigenvalue weighted by Gasteiger charge is -2.22. The van der Waals surface area contributed by atoms with Crippen molar-refractivity contribution in [2.24, 2.45) is 5.92 Å². The summed E-state index contributed by atoms with van der Waals surface area (Å²) in [7, 11) is 0. The van der Waals surface area contributed by atoms with Gasteiger partial charge in [-0.05, 0) is 37.1 Å². The molecule has 0 bridgehead atoms. The molecule has 0 aliphatic rings. The molecule has 0 saturated heterocycles. The molecule has 2 aromatic rings. The van der Waals surface area contributed by atoms with Gasteiger partial charge in [-0.15, -0.1) is 0 Å². The van der Waals surface area contributed by atoms with Gasteiger partial charge in [0.15, 0.2) is 0 Å². The lowest BCUT2D eigenvalue weighted by molar-refractivity contribution is 0.0456. The van der Waals surface area contributed by atoms with Crippen molar-refractivity contribution in [2.75, 3.05) is 18.1 Å². The molecule has 4 heteroatoms. The Morgan fingerprint density at radius 2 is 1.54 bits per heavy atom. The van der Waals surface area contributed by atoms with Crippen LogP contribution in [-0.4, -0.2) is 25.0 Å². The molecule has 0 fully saturated rings. The summed E-state index contributed by atoms with van der Waals surface area (Å²) in [4.78, 5) is 26.9. The molecule has 2 rings (SSSR count). The Labute approximate surface area is 143 Å².